The minimum atomic E-state index is -0.112. The minimum absolute atomic E-state index is 0.0564. The zero-order chi connectivity index (χ0) is 40.6. The lowest BCUT2D eigenvalue weighted by molar-refractivity contribution is 0.652. The molecule has 3 heteroatoms. The van der Waals surface area contributed by atoms with Crippen molar-refractivity contribution in [1.82, 2.24) is 15.0 Å². The van der Waals surface area contributed by atoms with Crippen molar-refractivity contribution in [3.63, 3.8) is 0 Å². The van der Waals surface area contributed by atoms with E-state index in [1.807, 2.05) is 36.4 Å². The van der Waals surface area contributed by atoms with Crippen LogP contribution in [0.5, 0.6) is 0 Å². The van der Waals surface area contributed by atoms with Crippen molar-refractivity contribution in [3.8, 4) is 89.8 Å². The standard InChI is InChI=1S/C57H43N3/c1-56(2)48-23-12-11-21-45(48)46-34-51-47(35-50(46)56)52-44(22-14-24-49(52)57(51,3)4)39-29-25-38(26-30-39)42-19-13-20-43(33-42)55-59-53(40-17-9-6-10-18-40)58-54(60-55)41-31-27-37(28-32-41)36-15-7-5-8-16-36/h5-35H,1-4H3. The molecule has 2 aliphatic rings. The first-order chi connectivity index (χ1) is 29.2. The molecule has 0 atom stereocenters. The first-order valence-corrected chi connectivity index (χ1v) is 20.9. The molecule has 0 spiro atoms. The van der Waals surface area contributed by atoms with Gasteiger partial charge >= 0.3 is 0 Å². The summed E-state index contributed by atoms with van der Waals surface area (Å²) in [4.78, 5) is 15.1. The molecule has 9 aromatic rings. The normalized spacial score (nSPS) is 13.9. The van der Waals surface area contributed by atoms with Gasteiger partial charge in [-0.05, 0) is 96.1 Å². The molecule has 1 aromatic heterocycles. The maximum Gasteiger partial charge on any atom is 0.164 e. The van der Waals surface area contributed by atoms with Crippen molar-refractivity contribution in [2.24, 2.45) is 0 Å². The smallest absolute Gasteiger partial charge is 0.164 e. The van der Waals surface area contributed by atoms with E-state index in [4.69, 9.17) is 15.0 Å². The van der Waals surface area contributed by atoms with Gasteiger partial charge in [0, 0.05) is 27.5 Å². The second kappa shape index (κ2) is 13.7. The first kappa shape index (κ1) is 35.9. The highest BCUT2D eigenvalue weighted by molar-refractivity contribution is 5.96. The summed E-state index contributed by atoms with van der Waals surface area (Å²) in [6, 6.07) is 67.5. The lowest BCUT2D eigenvalue weighted by atomic mass is 9.79. The van der Waals surface area contributed by atoms with Crippen LogP contribution in [0.25, 0.3) is 89.8 Å². The first-order valence-electron chi connectivity index (χ1n) is 20.9. The van der Waals surface area contributed by atoms with Gasteiger partial charge in [0.2, 0.25) is 0 Å². The molecule has 0 saturated heterocycles. The van der Waals surface area contributed by atoms with E-state index >= 15 is 0 Å². The molecule has 0 bridgehead atoms. The summed E-state index contributed by atoms with van der Waals surface area (Å²) in [6.07, 6.45) is 0. The van der Waals surface area contributed by atoms with E-state index in [1.54, 1.807) is 0 Å². The molecule has 2 aliphatic carbocycles. The summed E-state index contributed by atoms with van der Waals surface area (Å²) >= 11 is 0. The van der Waals surface area contributed by atoms with E-state index in [0.29, 0.717) is 17.5 Å². The van der Waals surface area contributed by atoms with Crippen molar-refractivity contribution in [2.75, 3.05) is 0 Å². The SMILES string of the molecule is CC1(C)c2ccccc2-c2cc3c(cc21)-c1c(-c2ccc(-c4cccc(-c5nc(-c6ccccc6)nc(-c6ccc(-c7ccccc7)cc6)n5)c4)cc2)cccc1C3(C)C. The van der Waals surface area contributed by atoms with Crippen LogP contribution in [0.4, 0.5) is 0 Å². The average molecular weight is 770 g/mol. The Hall–Kier alpha value is -7.23. The van der Waals surface area contributed by atoms with Crippen molar-refractivity contribution < 1.29 is 0 Å². The summed E-state index contributed by atoms with van der Waals surface area (Å²) in [5, 5.41) is 0. The predicted octanol–water partition coefficient (Wildman–Crippen LogP) is 14.5. The Labute approximate surface area is 352 Å². The van der Waals surface area contributed by atoms with E-state index < -0.39 is 0 Å². The van der Waals surface area contributed by atoms with Gasteiger partial charge in [-0.25, -0.2) is 15.0 Å². The van der Waals surface area contributed by atoms with Crippen molar-refractivity contribution in [3.05, 3.63) is 210 Å². The van der Waals surface area contributed by atoms with Gasteiger partial charge in [0.15, 0.2) is 17.5 Å². The Morgan fingerprint density at radius 3 is 1.38 bits per heavy atom. The van der Waals surface area contributed by atoms with Gasteiger partial charge in [0.05, 0.1) is 0 Å². The molecule has 3 nitrogen and oxygen atoms in total. The Morgan fingerprint density at radius 1 is 0.267 bits per heavy atom. The van der Waals surface area contributed by atoms with Gasteiger partial charge in [-0.15, -0.1) is 0 Å². The largest absolute Gasteiger partial charge is 0.208 e. The third-order valence-electron chi connectivity index (χ3n) is 13.0. The third kappa shape index (κ3) is 5.76. The van der Waals surface area contributed by atoms with E-state index in [0.717, 1.165) is 33.4 Å². The monoisotopic (exact) mass is 769 g/mol. The molecule has 0 amide bonds. The van der Waals surface area contributed by atoms with Crippen LogP contribution in [0.15, 0.2) is 188 Å². The molecule has 11 rings (SSSR count). The molecule has 0 saturated carbocycles. The molecule has 0 radical (unpaired) electrons. The van der Waals surface area contributed by atoms with Gasteiger partial charge in [0.1, 0.15) is 0 Å². The Bertz CT molecular complexity index is 3110. The van der Waals surface area contributed by atoms with Gasteiger partial charge in [0.25, 0.3) is 0 Å². The van der Waals surface area contributed by atoms with E-state index in [1.165, 1.54) is 61.2 Å². The number of benzene rings is 8. The van der Waals surface area contributed by atoms with Crippen LogP contribution in [0.2, 0.25) is 0 Å². The topological polar surface area (TPSA) is 38.7 Å². The van der Waals surface area contributed by atoms with E-state index in [-0.39, 0.29) is 10.8 Å². The molecular weight excluding hydrogens is 727 g/mol. The van der Waals surface area contributed by atoms with Gasteiger partial charge < -0.3 is 0 Å². The number of nitrogens with zero attached hydrogens (tertiary/aromatic N) is 3. The molecular formula is C57H43N3. The summed E-state index contributed by atoms with van der Waals surface area (Å²) in [7, 11) is 0. The molecule has 60 heavy (non-hydrogen) atoms. The van der Waals surface area contributed by atoms with Crippen LogP contribution in [-0.2, 0) is 10.8 Å². The molecule has 1 heterocycles. The van der Waals surface area contributed by atoms with Gasteiger partial charge in [-0.3, -0.25) is 0 Å². The molecule has 0 aliphatic heterocycles. The highest BCUT2D eigenvalue weighted by Gasteiger charge is 2.42. The van der Waals surface area contributed by atoms with Gasteiger partial charge in [-0.2, -0.15) is 0 Å². The predicted molar refractivity (Wildman–Crippen MR) is 248 cm³/mol. The Kier molecular flexibility index (Phi) is 8.18. The maximum absolute atomic E-state index is 5.07. The van der Waals surface area contributed by atoms with Crippen molar-refractivity contribution >= 4 is 0 Å². The Balaban J connectivity index is 0.951. The fourth-order valence-corrected chi connectivity index (χ4v) is 9.69. The molecule has 0 unspecified atom stereocenters. The number of aromatic nitrogens is 3. The molecule has 286 valence electrons. The third-order valence-corrected chi connectivity index (χ3v) is 13.0. The molecule has 0 N–H and O–H groups in total. The molecule has 0 fully saturated rings. The van der Waals surface area contributed by atoms with E-state index in [9.17, 15) is 0 Å². The van der Waals surface area contributed by atoms with Crippen LogP contribution in [0.3, 0.4) is 0 Å². The van der Waals surface area contributed by atoms with E-state index in [2.05, 4.69) is 179 Å². The summed E-state index contributed by atoms with van der Waals surface area (Å²) in [5.41, 5.74) is 20.8. The number of fused-ring (bicyclic) bond motifs is 6. The highest BCUT2D eigenvalue weighted by Crippen LogP contribution is 2.57. The average Bonchev–Trinajstić information content (AvgIpc) is 3.68. The fourth-order valence-electron chi connectivity index (χ4n) is 9.69. The number of hydrogen-bond donors (Lipinski definition) is 0. The number of rotatable bonds is 6. The van der Waals surface area contributed by atoms with Crippen LogP contribution in [0, 0.1) is 0 Å². The van der Waals surface area contributed by atoms with Crippen LogP contribution in [-0.4, -0.2) is 15.0 Å². The van der Waals surface area contributed by atoms with Crippen molar-refractivity contribution in [2.45, 2.75) is 38.5 Å². The lowest BCUT2D eigenvalue weighted by Gasteiger charge is -2.24. The summed E-state index contributed by atoms with van der Waals surface area (Å²) in [5.74, 6) is 1.94. The summed E-state index contributed by atoms with van der Waals surface area (Å²) < 4.78 is 0. The lowest BCUT2D eigenvalue weighted by Crippen LogP contribution is -2.16. The zero-order valence-electron chi connectivity index (χ0n) is 34.2. The minimum Gasteiger partial charge on any atom is -0.208 e. The fraction of sp³-hybridized carbons (Fsp3) is 0.105. The van der Waals surface area contributed by atoms with Crippen molar-refractivity contribution in [1.29, 1.82) is 0 Å². The number of hydrogen-bond acceptors (Lipinski definition) is 3. The van der Waals surface area contributed by atoms with Crippen LogP contribution in [0.1, 0.15) is 49.9 Å². The summed E-state index contributed by atoms with van der Waals surface area (Å²) in [6.45, 7) is 9.51. The Morgan fingerprint density at radius 2 is 0.683 bits per heavy atom. The van der Waals surface area contributed by atoms with Crippen LogP contribution >= 0.6 is 0 Å². The van der Waals surface area contributed by atoms with Gasteiger partial charge in [-0.1, -0.05) is 198 Å². The highest BCUT2D eigenvalue weighted by atomic mass is 15.0. The zero-order valence-corrected chi connectivity index (χ0v) is 34.2. The molecule has 8 aromatic carbocycles. The second-order valence-corrected chi connectivity index (χ2v) is 17.2. The second-order valence-electron chi connectivity index (χ2n) is 17.2. The van der Waals surface area contributed by atoms with Crippen LogP contribution < -0.4 is 0 Å². The quantitative estimate of drug-likeness (QED) is 0.169. The maximum atomic E-state index is 5.07.